The Morgan fingerprint density at radius 3 is 1.64 bits per heavy atom. The first-order chi connectivity index (χ1) is 5.04. The topological polar surface area (TPSA) is 34.1 Å². The van der Waals surface area contributed by atoms with E-state index in [1.807, 2.05) is 0 Å². The van der Waals surface area contributed by atoms with E-state index >= 15 is 0 Å². The minimum Gasteiger partial charge on any atom is -0.276 e. The van der Waals surface area contributed by atoms with Crippen molar-refractivity contribution in [2.75, 3.05) is 0 Å². The van der Waals surface area contributed by atoms with Crippen LogP contribution >= 0.6 is 23.2 Å². The van der Waals surface area contributed by atoms with E-state index in [4.69, 9.17) is 23.2 Å². The highest BCUT2D eigenvalue weighted by Crippen LogP contribution is 1.78. The molecule has 0 aliphatic heterocycles. The van der Waals surface area contributed by atoms with Crippen molar-refractivity contribution in [3.05, 3.63) is 24.8 Å². The molecule has 2 nitrogen and oxygen atoms in total. The van der Waals surface area contributed by atoms with Crippen molar-refractivity contribution in [2.45, 2.75) is 6.92 Å². The maximum Gasteiger partial charge on any atom is 0.244 e. The summed E-state index contributed by atoms with van der Waals surface area (Å²) in [5.41, 5.74) is 0. The predicted molar refractivity (Wildman–Crippen MR) is 46.7 cm³/mol. The number of hydrogen-bond donors (Lipinski definition) is 0. The molecule has 0 bridgehead atoms. The van der Waals surface area contributed by atoms with Gasteiger partial charge >= 0.3 is 0 Å². The number of carbonyl (C=O) groups is 2. The van der Waals surface area contributed by atoms with E-state index in [9.17, 15) is 9.59 Å². The summed E-state index contributed by atoms with van der Waals surface area (Å²) in [6, 6.07) is 0. The van der Waals surface area contributed by atoms with Gasteiger partial charge in [0.2, 0.25) is 10.5 Å². The smallest absolute Gasteiger partial charge is 0.244 e. The van der Waals surface area contributed by atoms with Crippen LogP contribution in [-0.4, -0.2) is 10.5 Å². The van der Waals surface area contributed by atoms with Crippen LogP contribution in [0.1, 0.15) is 6.92 Å². The lowest BCUT2D eigenvalue weighted by atomic mass is 10.6. The molecule has 11 heavy (non-hydrogen) atoms. The van der Waals surface area contributed by atoms with Gasteiger partial charge in [-0.2, -0.15) is 0 Å². The van der Waals surface area contributed by atoms with E-state index in [0.29, 0.717) is 0 Å². The second-order valence-corrected chi connectivity index (χ2v) is 2.06. The maximum atomic E-state index is 9.72. The standard InChI is InChI=1S/C4H5ClO.C3H3ClO/c1-2-3-4(5)6;1-2-3(4)5/h2-3H,1H3;2H,1H2. The lowest BCUT2D eigenvalue weighted by Gasteiger charge is -1.65. The van der Waals surface area contributed by atoms with Crippen LogP contribution in [0.4, 0.5) is 0 Å². The van der Waals surface area contributed by atoms with Crippen LogP contribution in [0.25, 0.3) is 0 Å². The number of rotatable bonds is 2. The zero-order valence-electron chi connectivity index (χ0n) is 6.01. The largest absolute Gasteiger partial charge is 0.276 e. The van der Waals surface area contributed by atoms with Crippen LogP contribution < -0.4 is 0 Å². The van der Waals surface area contributed by atoms with E-state index < -0.39 is 10.5 Å². The van der Waals surface area contributed by atoms with Crippen molar-refractivity contribution in [3.8, 4) is 0 Å². The van der Waals surface area contributed by atoms with Gasteiger partial charge in [-0.05, 0) is 42.3 Å². The third-order valence-corrected chi connectivity index (χ3v) is 0.738. The Morgan fingerprint density at radius 1 is 1.27 bits per heavy atom. The van der Waals surface area contributed by atoms with Crippen molar-refractivity contribution in [3.63, 3.8) is 0 Å². The van der Waals surface area contributed by atoms with Gasteiger partial charge in [0.05, 0.1) is 0 Å². The summed E-state index contributed by atoms with van der Waals surface area (Å²) < 4.78 is 0. The Balaban J connectivity index is 0. The van der Waals surface area contributed by atoms with Gasteiger partial charge in [-0.15, -0.1) is 0 Å². The van der Waals surface area contributed by atoms with Crippen LogP contribution in [-0.2, 0) is 9.59 Å². The quantitative estimate of drug-likeness (QED) is 0.500. The molecule has 0 spiro atoms. The Bertz CT molecular complexity index is 173. The average Bonchev–Trinajstić information content (AvgIpc) is 1.89. The molecule has 0 aromatic carbocycles. The molecule has 0 radical (unpaired) electrons. The predicted octanol–water partition coefficient (Wildman–Crippen LogP) is 2.27. The molecule has 0 aliphatic carbocycles. The zero-order valence-corrected chi connectivity index (χ0v) is 7.52. The van der Waals surface area contributed by atoms with Crippen LogP contribution in [0, 0.1) is 0 Å². The molecule has 0 aromatic heterocycles. The minimum absolute atomic E-state index is 0.419. The van der Waals surface area contributed by atoms with E-state index in [2.05, 4.69) is 6.58 Å². The highest BCUT2D eigenvalue weighted by Gasteiger charge is 1.77. The SMILES string of the molecule is C=CC(=O)Cl.CC=CC(=O)Cl. The fourth-order valence-corrected chi connectivity index (χ4v) is 0.257. The molecule has 0 saturated heterocycles. The van der Waals surface area contributed by atoms with Crippen molar-refractivity contribution < 1.29 is 9.59 Å². The van der Waals surface area contributed by atoms with Crippen molar-refractivity contribution in [1.82, 2.24) is 0 Å². The second-order valence-electron chi connectivity index (χ2n) is 1.31. The van der Waals surface area contributed by atoms with Crippen LogP contribution in [0.3, 0.4) is 0 Å². The first-order valence-electron chi connectivity index (χ1n) is 2.68. The van der Waals surface area contributed by atoms with Gasteiger partial charge in [-0.25, -0.2) is 0 Å². The van der Waals surface area contributed by atoms with Crippen molar-refractivity contribution in [2.24, 2.45) is 0 Å². The Labute approximate surface area is 75.5 Å². The fraction of sp³-hybridized carbons (Fsp3) is 0.143. The lowest BCUT2D eigenvalue weighted by Crippen LogP contribution is -1.70. The summed E-state index contributed by atoms with van der Waals surface area (Å²) in [6.45, 7) is 4.82. The molecule has 0 amide bonds. The molecule has 0 aromatic rings. The maximum absolute atomic E-state index is 9.72. The second kappa shape index (κ2) is 9.40. The summed E-state index contributed by atoms with van der Waals surface area (Å²) in [5, 5.41) is -0.928. The van der Waals surface area contributed by atoms with Gasteiger partial charge in [0.1, 0.15) is 0 Å². The molecule has 0 rings (SSSR count). The zero-order chi connectivity index (χ0) is 9.28. The summed E-state index contributed by atoms with van der Waals surface area (Å²) in [7, 11) is 0. The van der Waals surface area contributed by atoms with Crippen LogP contribution in [0.15, 0.2) is 24.8 Å². The highest BCUT2D eigenvalue weighted by atomic mass is 35.5. The molecule has 0 N–H and O–H groups in total. The van der Waals surface area contributed by atoms with Gasteiger partial charge in [0.25, 0.3) is 0 Å². The number of hydrogen-bond acceptors (Lipinski definition) is 2. The normalized spacial score (nSPS) is 8.27. The molecule has 0 saturated carbocycles. The lowest BCUT2D eigenvalue weighted by molar-refractivity contribution is -0.108. The summed E-state index contributed by atoms with van der Waals surface area (Å²) >= 11 is 9.56. The summed E-state index contributed by atoms with van der Waals surface area (Å²) in [4.78, 5) is 19.2. The molecule has 0 fully saturated rings. The number of allylic oxidation sites excluding steroid dienone is 3. The fourth-order valence-electron chi connectivity index (χ4n) is 0.131. The van der Waals surface area contributed by atoms with E-state index in [1.54, 1.807) is 13.0 Å². The van der Waals surface area contributed by atoms with E-state index in [-0.39, 0.29) is 0 Å². The summed E-state index contributed by atoms with van der Waals surface area (Å²) in [6.07, 6.45) is 3.93. The number of carbonyl (C=O) groups excluding carboxylic acids is 2. The Kier molecular flexibility index (Phi) is 11.1. The van der Waals surface area contributed by atoms with Crippen LogP contribution in [0.2, 0.25) is 0 Å². The highest BCUT2D eigenvalue weighted by molar-refractivity contribution is 6.66. The number of halogens is 2. The van der Waals surface area contributed by atoms with Gasteiger partial charge in [-0.1, -0.05) is 12.7 Å². The van der Waals surface area contributed by atoms with Gasteiger partial charge < -0.3 is 0 Å². The third-order valence-electron chi connectivity index (χ3n) is 0.458. The minimum atomic E-state index is -0.509. The van der Waals surface area contributed by atoms with Gasteiger partial charge in [-0.3, -0.25) is 9.59 Å². The Hall–Kier alpha value is -0.600. The third kappa shape index (κ3) is 26.6. The monoisotopic (exact) mass is 194 g/mol. The van der Waals surface area contributed by atoms with Gasteiger partial charge in [0, 0.05) is 0 Å². The van der Waals surface area contributed by atoms with E-state index in [1.165, 1.54) is 6.08 Å². The molecule has 4 heteroatoms. The van der Waals surface area contributed by atoms with Crippen molar-refractivity contribution in [1.29, 1.82) is 0 Å². The molecule has 0 atom stereocenters. The molecule has 0 unspecified atom stereocenters. The van der Waals surface area contributed by atoms with Crippen LogP contribution in [0.5, 0.6) is 0 Å². The Morgan fingerprint density at radius 2 is 1.64 bits per heavy atom. The van der Waals surface area contributed by atoms with Gasteiger partial charge in [0.15, 0.2) is 0 Å². The molecule has 0 heterocycles. The molecule has 62 valence electrons. The molecular formula is C7H8Cl2O2. The first kappa shape index (κ1) is 13.0. The summed E-state index contributed by atoms with van der Waals surface area (Å²) in [5.74, 6) is 0. The van der Waals surface area contributed by atoms with Crippen molar-refractivity contribution >= 4 is 33.7 Å². The molecular weight excluding hydrogens is 187 g/mol. The molecule has 0 aliphatic rings. The first-order valence-corrected chi connectivity index (χ1v) is 3.44. The van der Waals surface area contributed by atoms with E-state index in [0.717, 1.165) is 6.08 Å². The average molecular weight is 195 g/mol.